The van der Waals surface area contributed by atoms with Gasteiger partial charge in [-0.15, -0.1) is 0 Å². The lowest BCUT2D eigenvalue weighted by atomic mass is 10.0. The molecular weight excluding hydrogens is 224 g/mol. The van der Waals surface area contributed by atoms with Crippen molar-refractivity contribution < 1.29 is 4.79 Å². The Hall–Kier alpha value is -2.42. The highest BCUT2D eigenvalue weighted by molar-refractivity contribution is 5.91. The Bertz CT molecular complexity index is 586. The molecule has 3 nitrogen and oxygen atoms in total. The fourth-order valence-electron chi connectivity index (χ4n) is 1.69. The van der Waals surface area contributed by atoms with E-state index in [2.05, 4.69) is 4.98 Å². The van der Waals surface area contributed by atoms with Gasteiger partial charge in [0, 0.05) is 17.8 Å². The third kappa shape index (κ3) is 2.83. The Labute approximate surface area is 106 Å². The predicted octanol–water partition coefficient (Wildman–Crippen LogP) is 2.56. The lowest BCUT2D eigenvalue weighted by Gasteiger charge is -2.05. The minimum atomic E-state index is -0.476. The number of nitrogens with zero attached hydrogens (tertiary/aromatic N) is 1. The molecule has 0 bridgehead atoms. The molecule has 0 aliphatic carbocycles. The Morgan fingerprint density at radius 3 is 2.61 bits per heavy atom. The highest BCUT2D eigenvalue weighted by Crippen LogP contribution is 2.23. The van der Waals surface area contributed by atoms with E-state index in [1.165, 1.54) is 11.6 Å². The second-order valence-corrected chi connectivity index (χ2v) is 4.04. The van der Waals surface area contributed by atoms with Crippen LogP contribution in [0.25, 0.3) is 17.2 Å². The first kappa shape index (κ1) is 12.0. The van der Waals surface area contributed by atoms with Gasteiger partial charge < -0.3 is 5.73 Å². The molecule has 0 radical (unpaired) electrons. The van der Waals surface area contributed by atoms with E-state index in [0.717, 1.165) is 16.8 Å². The monoisotopic (exact) mass is 238 g/mol. The Kier molecular flexibility index (Phi) is 3.53. The van der Waals surface area contributed by atoms with Crippen molar-refractivity contribution in [3.05, 3.63) is 59.9 Å². The van der Waals surface area contributed by atoms with Crippen LogP contribution in [-0.2, 0) is 4.79 Å². The summed E-state index contributed by atoms with van der Waals surface area (Å²) in [4.78, 5) is 15.0. The van der Waals surface area contributed by atoms with E-state index >= 15 is 0 Å². The largest absolute Gasteiger partial charge is 0.366 e. The van der Waals surface area contributed by atoms with Gasteiger partial charge in [-0.1, -0.05) is 35.9 Å². The van der Waals surface area contributed by atoms with Gasteiger partial charge in [-0.05, 0) is 24.6 Å². The number of aromatic nitrogens is 1. The lowest BCUT2D eigenvalue weighted by molar-refractivity contribution is -0.113. The number of carbonyl (C=O) groups is 1. The molecule has 0 aliphatic rings. The second kappa shape index (κ2) is 5.27. The molecule has 3 heteroatoms. The maximum absolute atomic E-state index is 10.8. The zero-order valence-corrected chi connectivity index (χ0v) is 10.1. The molecule has 0 spiro atoms. The first-order valence-corrected chi connectivity index (χ1v) is 5.66. The average molecular weight is 238 g/mol. The molecule has 0 aliphatic heterocycles. The van der Waals surface area contributed by atoms with Gasteiger partial charge in [-0.3, -0.25) is 9.78 Å². The molecule has 2 N–H and O–H groups in total. The molecule has 1 amide bonds. The summed E-state index contributed by atoms with van der Waals surface area (Å²) in [6.45, 7) is 2.04. The summed E-state index contributed by atoms with van der Waals surface area (Å²) < 4.78 is 0. The lowest BCUT2D eigenvalue weighted by Crippen LogP contribution is -2.05. The fourth-order valence-corrected chi connectivity index (χ4v) is 1.69. The standard InChI is InChI=1S/C15H14N2O/c1-11-4-6-12(7-5-11)13-3-2-10-17-14(13)8-9-15(16)18/h2-10H,1H3,(H2,16,18). The van der Waals surface area contributed by atoms with Gasteiger partial charge in [0.1, 0.15) is 0 Å². The van der Waals surface area contributed by atoms with Gasteiger partial charge in [0.25, 0.3) is 0 Å². The van der Waals surface area contributed by atoms with E-state index in [0.29, 0.717) is 0 Å². The minimum Gasteiger partial charge on any atom is -0.366 e. The third-order valence-electron chi connectivity index (χ3n) is 2.61. The van der Waals surface area contributed by atoms with Crippen LogP contribution in [0.1, 0.15) is 11.3 Å². The van der Waals surface area contributed by atoms with Gasteiger partial charge in [0.15, 0.2) is 0 Å². The van der Waals surface area contributed by atoms with Gasteiger partial charge in [-0.25, -0.2) is 0 Å². The van der Waals surface area contributed by atoms with Crippen LogP contribution in [0.15, 0.2) is 48.7 Å². The summed E-state index contributed by atoms with van der Waals surface area (Å²) in [5.74, 6) is -0.476. The van der Waals surface area contributed by atoms with E-state index in [1.807, 2.05) is 43.3 Å². The van der Waals surface area contributed by atoms with Gasteiger partial charge >= 0.3 is 0 Å². The quantitative estimate of drug-likeness (QED) is 0.835. The molecule has 90 valence electrons. The molecule has 1 aromatic carbocycles. The topological polar surface area (TPSA) is 56.0 Å². The van der Waals surface area contributed by atoms with E-state index in [-0.39, 0.29) is 0 Å². The number of aryl methyl sites for hydroxylation is 1. The molecule has 2 rings (SSSR count). The Balaban J connectivity index is 2.44. The molecule has 2 aromatic rings. The fraction of sp³-hybridized carbons (Fsp3) is 0.0667. The number of hydrogen-bond acceptors (Lipinski definition) is 2. The summed E-state index contributed by atoms with van der Waals surface area (Å²) in [6.07, 6.45) is 4.65. The van der Waals surface area contributed by atoms with Crippen LogP contribution in [0.2, 0.25) is 0 Å². The van der Waals surface area contributed by atoms with Crippen LogP contribution in [0, 0.1) is 6.92 Å². The predicted molar refractivity (Wildman–Crippen MR) is 72.6 cm³/mol. The van der Waals surface area contributed by atoms with Crippen LogP contribution in [0.3, 0.4) is 0 Å². The summed E-state index contributed by atoms with van der Waals surface area (Å²) in [5, 5.41) is 0. The van der Waals surface area contributed by atoms with Crippen molar-refractivity contribution in [3.63, 3.8) is 0 Å². The number of benzene rings is 1. The Morgan fingerprint density at radius 1 is 1.22 bits per heavy atom. The third-order valence-corrected chi connectivity index (χ3v) is 2.61. The van der Waals surface area contributed by atoms with Crippen LogP contribution in [-0.4, -0.2) is 10.9 Å². The summed E-state index contributed by atoms with van der Waals surface area (Å²) in [5.41, 5.74) is 9.09. The second-order valence-electron chi connectivity index (χ2n) is 4.04. The molecule has 1 aromatic heterocycles. The molecule has 0 atom stereocenters. The van der Waals surface area contributed by atoms with E-state index in [1.54, 1.807) is 12.3 Å². The van der Waals surface area contributed by atoms with E-state index < -0.39 is 5.91 Å². The van der Waals surface area contributed by atoms with Crippen LogP contribution in [0.4, 0.5) is 0 Å². The van der Waals surface area contributed by atoms with Crippen LogP contribution < -0.4 is 5.73 Å². The zero-order valence-electron chi connectivity index (χ0n) is 10.1. The Morgan fingerprint density at radius 2 is 1.94 bits per heavy atom. The number of rotatable bonds is 3. The average Bonchev–Trinajstić information content (AvgIpc) is 2.38. The highest BCUT2D eigenvalue weighted by Gasteiger charge is 2.03. The molecule has 0 saturated heterocycles. The maximum atomic E-state index is 10.8. The first-order valence-electron chi connectivity index (χ1n) is 5.66. The molecule has 0 fully saturated rings. The molecule has 18 heavy (non-hydrogen) atoms. The van der Waals surface area contributed by atoms with Gasteiger partial charge in [-0.2, -0.15) is 0 Å². The van der Waals surface area contributed by atoms with Crippen molar-refractivity contribution in [3.8, 4) is 11.1 Å². The zero-order chi connectivity index (χ0) is 13.0. The normalized spacial score (nSPS) is 10.7. The smallest absolute Gasteiger partial charge is 0.241 e. The van der Waals surface area contributed by atoms with Crippen molar-refractivity contribution in [2.45, 2.75) is 6.92 Å². The number of amides is 1. The molecular formula is C15H14N2O. The summed E-state index contributed by atoms with van der Waals surface area (Å²) in [6, 6.07) is 12.0. The summed E-state index contributed by atoms with van der Waals surface area (Å²) >= 11 is 0. The van der Waals surface area contributed by atoms with Gasteiger partial charge in [0.05, 0.1) is 5.69 Å². The van der Waals surface area contributed by atoms with Crippen molar-refractivity contribution >= 4 is 12.0 Å². The molecule has 0 unspecified atom stereocenters. The summed E-state index contributed by atoms with van der Waals surface area (Å²) in [7, 11) is 0. The number of primary amides is 1. The minimum absolute atomic E-state index is 0.476. The van der Waals surface area contributed by atoms with Crippen molar-refractivity contribution in [2.75, 3.05) is 0 Å². The van der Waals surface area contributed by atoms with Crippen molar-refractivity contribution in [1.29, 1.82) is 0 Å². The van der Waals surface area contributed by atoms with Crippen molar-refractivity contribution in [2.24, 2.45) is 5.73 Å². The van der Waals surface area contributed by atoms with Gasteiger partial charge in [0.2, 0.25) is 5.91 Å². The van der Waals surface area contributed by atoms with E-state index in [4.69, 9.17) is 5.73 Å². The van der Waals surface area contributed by atoms with Crippen molar-refractivity contribution in [1.82, 2.24) is 4.98 Å². The first-order chi connectivity index (χ1) is 8.66. The molecule has 1 heterocycles. The van der Waals surface area contributed by atoms with Crippen LogP contribution >= 0.6 is 0 Å². The number of hydrogen-bond donors (Lipinski definition) is 1. The maximum Gasteiger partial charge on any atom is 0.241 e. The molecule has 0 saturated carbocycles. The number of pyridine rings is 1. The number of carbonyl (C=O) groups excluding carboxylic acids is 1. The number of nitrogens with two attached hydrogens (primary N) is 1. The van der Waals surface area contributed by atoms with E-state index in [9.17, 15) is 4.79 Å². The SMILES string of the molecule is Cc1ccc(-c2cccnc2C=CC(N)=O)cc1. The van der Waals surface area contributed by atoms with Crippen LogP contribution in [0.5, 0.6) is 0 Å². The highest BCUT2D eigenvalue weighted by atomic mass is 16.1.